The molecule has 0 bridgehead atoms. The minimum atomic E-state index is -0.144. The van der Waals surface area contributed by atoms with E-state index in [1.807, 2.05) is 6.92 Å². The summed E-state index contributed by atoms with van der Waals surface area (Å²) in [4.78, 5) is 11.7. The van der Waals surface area contributed by atoms with Gasteiger partial charge in [-0.1, -0.05) is 32.6 Å². The molecule has 4 nitrogen and oxygen atoms in total. The fourth-order valence-electron chi connectivity index (χ4n) is 3.11. The van der Waals surface area contributed by atoms with Gasteiger partial charge in [0.15, 0.2) is 0 Å². The molecule has 4 atom stereocenters. The van der Waals surface area contributed by atoms with Crippen LogP contribution in [0.1, 0.15) is 46.5 Å². The first-order valence-electron chi connectivity index (χ1n) is 7.18. The Hall–Kier alpha value is 0.832. The van der Waals surface area contributed by atoms with Crippen molar-refractivity contribution in [3.05, 3.63) is 5.73 Å². The molecule has 109 valence electrons. The number of carbonyl (C=O) groups excluding carboxylic acids is 1. The minimum Gasteiger partial charge on any atom is -0.674 e. The molecule has 1 aliphatic carbocycles. The van der Waals surface area contributed by atoms with E-state index in [-0.39, 0.29) is 74.0 Å². The van der Waals surface area contributed by atoms with Crippen LogP contribution in [-0.2, 0) is 9.53 Å². The Kier molecular flexibility index (Phi) is 10.1. The molecule has 0 spiro atoms. The molecule has 0 saturated heterocycles. The van der Waals surface area contributed by atoms with Gasteiger partial charge in [0.05, 0.1) is 12.5 Å². The Bertz CT molecular complexity index is 272. The third kappa shape index (κ3) is 5.27. The van der Waals surface area contributed by atoms with E-state index in [0.717, 1.165) is 19.3 Å². The van der Waals surface area contributed by atoms with Crippen LogP contribution in [0.25, 0.3) is 5.73 Å². The summed E-state index contributed by atoms with van der Waals surface area (Å²) in [5.41, 5.74) is 14.5. The van der Waals surface area contributed by atoms with Gasteiger partial charge >= 0.3 is 5.97 Å². The molecule has 0 heterocycles. The van der Waals surface area contributed by atoms with Gasteiger partial charge in [-0.25, -0.2) is 0 Å². The van der Waals surface area contributed by atoms with Gasteiger partial charge in [0, 0.05) is 50.1 Å². The van der Waals surface area contributed by atoms with Crippen LogP contribution in [0.3, 0.4) is 0 Å². The summed E-state index contributed by atoms with van der Waals surface area (Å²) in [5, 5.41) is 0. The smallest absolute Gasteiger partial charge is 0.308 e. The van der Waals surface area contributed by atoms with Crippen molar-refractivity contribution in [3.63, 3.8) is 0 Å². The number of nitrogens with two attached hydrogens (primary N) is 1. The molecule has 0 aromatic heterocycles. The second-order valence-electron chi connectivity index (χ2n) is 5.35. The van der Waals surface area contributed by atoms with Gasteiger partial charge < -0.3 is 16.2 Å². The molecule has 1 rings (SSSR count). The van der Waals surface area contributed by atoms with Crippen LogP contribution in [0.5, 0.6) is 0 Å². The van der Waals surface area contributed by atoms with E-state index in [2.05, 4.69) is 13.8 Å². The Morgan fingerprint density at radius 2 is 1.89 bits per heavy atom. The zero-order valence-electron chi connectivity index (χ0n) is 12.4. The second-order valence-corrected chi connectivity index (χ2v) is 5.35. The van der Waals surface area contributed by atoms with Gasteiger partial charge in [0.25, 0.3) is 0 Å². The molecule has 3 N–H and O–H groups in total. The van der Waals surface area contributed by atoms with Crippen LogP contribution < -0.4 is 5.73 Å². The van der Waals surface area contributed by atoms with E-state index in [4.69, 9.17) is 16.2 Å². The van der Waals surface area contributed by atoms with Gasteiger partial charge in [-0.05, 0) is 25.7 Å². The van der Waals surface area contributed by atoms with E-state index in [0.29, 0.717) is 18.9 Å². The number of esters is 1. The van der Waals surface area contributed by atoms with Crippen LogP contribution in [0.4, 0.5) is 0 Å². The fourth-order valence-corrected chi connectivity index (χ4v) is 3.11. The number of ether oxygens (including phenoxy) is 1. The Morgan fingerprint density at radius 3 is 2.37 bits per heavy atom. The summed E-state index contributed by atoms with van der Waals surface area (Å²) in [7, 11) is 0. The minimum absolute atomic E-state index is 0. The molecule has 5 heteroatoms. The maximum atomic E-state index is 11.7. The quantitative estimate of drug-likeness (QED) is 0.592. The molecule has 19 heavy (non-hydrogen) atoms. The third-order valence-corrected chi connectivity index (χ3v) is 4.30. The molecule has 0 aromatic carbocycles. The van der Waals surface area contributed by atoms with Crippen molar-refractivity contribution in [2.24, 2.45) is 23.5 Å². The number of nitrogens with one attached hydrogen (secondary N) is 1. The molecular weight excluding hydrogens is 455 g/mol. The first-order valence-corrected chi connectivity index (χ1v) is 7.18. The van der Waals surface area contributed by atoms with Crippen LogP contribution in [0.15, 0.2) is 0 Å². The van der Waals surface area contributed by atoms with Crippen molar-refractivity contribution in [1.82, 2.24) is 0 Å². The van der Waals surface area contributed by atoms with Gasteiger partial charge in [-0.2, -0.15) is 0 Å². The summed E-state index contributed by atoms with van der Waals surface area (Å²) in [6.07, 6.45) is 3.43. The molecule has 1 radical (unpaired) electrons. The predicted octanol–water partition coefficient (Wildman–Crippen LogP) is 2.76. The monoisotopic (exact) mass is 482 g/mol. The summed E-state index contributed by atoms with van der Waals surface area (Å²) in [6, 6.07) is -0.170. The molecule has 1 fully saturated rings. The summed E-state index contributed by atoms with van der Waals surface area (Å²) in [6.45, 7) is 6.49. The topological polar surface area (TPSA) is 76.1 Å². The Morgan fingerprint density at radius 1 is 1.32 bits per heavy atom. The molecule has 1 aliphatic rings. The molecule has 1 unspecified atom stereocenters. The standard InChI is InChI=1S/C14H27N2O2.Ac/c1-4-9(5-2)13(16)11-7-10(8-12(11)15)14(17)18-6-3;/h9-13,16H,4-8,15H2,1-3H3;/q-1;/t10-,11-,12-,13?;/m1./s1. The fraction of sp³-hybridized carbons (Fsp3) is 0.929. The summed E-state index contributed by atoms with van der Waals surface area (Å²) >= 11 is 0. The third-order valence-electron chi connectivity index (χ3n) is 4.30. The van der Waals surface area contributed by atoms with Crippen LogP contribution >= 0.6 is 0 Å². The second kappa shape index (κ2) is 9.71. The molecular formula is C14H27AcN2O2-. The van der Waals surface area contributed by atoms with Gasteiger partial charge in [0.1, 0.15) is 0 Å². The van der Waals surface area contributed by atoms with E-state index < -0.39 is 0 Å². The van der Waals surface area contributed by atoms with Crippen LogP contribution in [0.2, 0.25) is 0 Å². The van der Waals surface area contributed by atoms with Crippen molar-refractivity contribution in [2.45, 2.75) is 58.5 Å². The average molecular weight is 482 g/mol. The number of carbonyl (C=O) groups is 1. The summed E-state index contributed by atoms with van der Waals surface area (Å²) < 4.78 is 5.06. The number of hydrogen-bond acceptors (Lipinski definition) is 3. The van der Waals surface area contributed by atoms with Crippen LogP contribution in [-0.4, -0.2) is 24.7 Å². The van der Waals surface area contributed by atoms with Crippen molar-refractivity contribution in [2.75, 3.05) is 6.61 Å². The number of rotatable bonds is 6. The largest absolute Gasteiger partial charge is 0.674 e. The van der Waals surface area contributed by atoms with Crippen molar-refractivity contribution < 1.29 is 53.6 Å². The summed E-state index contributed by atoms with van der Waals surface area (Å²) in [5.74, 6) is 0.311. The first kappa shape index (κ1) is 19.8. The predicted molar refractivity (Wildman–Crippen MR) is 73.0 cm³/mol. The SMILES string of the molecule is CCOC(=O)[C@H]1C[C@@H](N)[C@H](C([NH-])C(CC)CC)C1.[Ac]. The molecule has 1 saturated carbocycles. The molecule has 0 aliphatic heterocycles. The van der Waals surface area contributed by atoms with Crippen molar-refractivity contribution >= 4 is 5.97 Å². The number of hydrogen-bond donors (Lipinski definition) is 1. The van der Waals surface area contributed by atoms with E-state index in [9.17, 15) is 4.79 Å². The van der Waals surface area contributed by atoms with E-state index in [1.54, 1.807) is 0 Å². The van der Waals surface area contributed by atoms with Gasteiger partial charge in [-0.3, -0.25) is 4.79 Å². The van der Waals surface area contributed by atoms with Gasteiger partial charge in [-0.15, -0.1) is 6.04 Å². The molecule has 0 aromatic rings. The first-order chi connectivity index (χ1) is 8.54. The van der Waals surface area contributed by atoms with E-state index >= 15 is 0 Å². The normalized spacial score (nSPS) is 28.0. The average Bonchev–Trinajstić information content (AvgIpc) is 2.73. The zero-order valence-corrected chi connectivity index (χ0v) is 17.1. The van der Waals surface area contributed by atoms with Crippen molar-refractivity contribution in [3.8, 4) is 0 Å². The molecule has 0 amide bonds. The maximum Gasteiger partial charge on any atom is 0.308 e. The Labute approximate surface area is 152 Å². The Balaban J connectivity index is 0.00000324. The van der Waals surface area contributed by atoms with E-state index in [1.165, 1.54) is 0 Å². The zero-order chi connectivity index (χ0) is 13.7. The van der Waals surface area contributed by atoms with Crippen LogP contribution in [0, 0.1) is 61.8 Å². The maximum absolute atomic E-state index is 11.7. The van der Waals surface area contributed by atoms with Gasteiger partial charge in [0.2, 0.25) is 0 Å². The van der Waals surface area contributed by atoms with Crippen molar-refractivity contribution in [1.29, 1.82) is 0 Å².